The van der Waals surface area contributed by atoms with Crippen molar-refractivity contribution in [3.63, 3.8) is 0 Å². The summed E-state index contributed by atoms with van der Waals surface area (Å²) in [6.07, 6.45) is 3.04. The molecule has 0 saturated heterocycles. The Morgan fingerprint density at radius 3 is 2.85 bits per heavy atom. The van der Waals surface area contributed by atoms with Gasteiger partial charge in [-0.2, -0.15) is 0 Å². The Labute approximate surface area is 159 Å². The molecule has 3 aromatic rings. The summed E-state index contributed by atoms with van der Waals surface area (Å²) in [5.74, 6) is -0.448. The normalized spacial score (nSPS) is 11.3. The van der Waals surface area contributed by atoms with Crippen molar-refractivity contribution in [2.45, 2.75) is 13.0 Å². The highest BCUT2D eigenvalue weighted by Gasteiger charge is 2.19. The summed E-state index contributed by atoms with van der Waals surface area (Å²) < 4.78 is 32.7. The third-order valence-corrected chi connectivity index (χ3v) is 5.36. The summed E-state index contributed by atoms with van der Waals surface area (Å²) in [5.41, 5.74) is 8.46. The first-order valence-electron chi connectivity index (χ1n) is 8.28. The van der Waals surface area contributed by atoms with Gasteiger partial charge < -0.3 is 15.0 Å². The summed E-state index contributed by atoms with van der Waals surface area (Å²) in [4.78, 5) is 17.0. The Morgan fingerprint density at radius 2 is 2.19 bits per heavy atom. The number of alkyl halides is 2. The van der Waals surface area contributed by atoms with Crippen LogP contribution in [0.4, 0.5) is 14.5 Å². The second-order valence-electron chi connectivity index (χ2n) is 6.01. The van der Waals surface area contributed by atoms with Crippen LogP contribution in [0.5, 0.6) is 0 Å². The van der Waals surface area contributed by atoms with Gasteiger partial charge in [-0.25, -0.2) is 18.6 Å². The summed E-state index contributed by atoms with van der Waals surface area (Å²) in [6, 6.07) is 4.46. The summed E-state index contributed by atoms with van der Waals surface area (Å²) >= 11 is 1.22. The van der Waals surface area contributed by atoms with E-state index in [0.29, 0.717) is 32.2 Å². The maximum absolute atomic E-state index is 13.1. The van der Waals surface area contributed by atoms with Crippen molar-refractivity contribution >= 4 is 33.9 Å². The second kappa shape index (κ2) is 7.87. The topological polar surface area (TPSA) is 70.1 Å². The number of nitrogens with two attached hydrogens (primary N) is 1. The lowest BCUT2D eigenvalue weighted by molar-refractivity contribution is 0.0554. The van der Waals surface area contributed by atoms with E-state index in [1.165, 1.54) is 22.0 Å². The van der Waals surface area contributed by atoms with Gasteiger partial charge in [0, 0.05) is 17.1 Å². The minimum atomic E-state index is -0.899. The van der Waals surface area contributed by atoms with Crippen molar-refractivity contribution in [2.75, 3.05) is 25.7 Å². The van der Waals surface area contributed by atoms with Crippen LogP contribution >= 0.6 is 11.3 Å². The van der Waals surface area contributed by atoms with Gasteiger partial charge in [0.05, 0.1) is 22.9 Å². The highest BCUT2D eigenvalue weighted by molar-refractivity contribution is 7.17. The van der Waals surface area contributed by atoms with Crippen LogP contribution in [0.25, 0.3) is 21.5 Å². The summed E-state index contributed by atoms with van der Waals surface area (Å²) in [7, 11) is 0. The molecule has 1 aromatic carbocycles. The van der Waals surface area contributed by atoms with Crippen LogP contribution in [-0.2, 0) is 4.74 Å². The zero-order valence-corrected chi connectivity index (χ0v) is 15.6. The van der Waals surface area contributed by atoms with Crippen molar-refractivity contribution in [3.05, 3.63) is 47.6 Å². The van der Waals surface area contributed by atoms with Crippen LogP contribution in [0.3, 0.4) is 0 Å². The predicted molar refractivity (Wildman–Crippen MR) is 104 cm³/mol. The number of fused-ring (bicyclic) bond motifs is 1. The minimum absolute atomic E-state index is 0.131. The molecule has 0 aliphatic heterocycles. The van der Waals surface area contributed by atoms with E-state index in [4.69, 9.17) is 10.5 Å². The number of esters is 1. The van der Waals surface area contributed by atoms with Crippen molar-refractivity contribution in [1.29, 1.82) is 0 Å². The van der Waals surface area contributed by atoms with Crippen LogP contribution in [-0.4, -0.2) is 35.5 Å². The fourth-order valence-corrected chi connectivity index (χ4v) is 3.77. The van der Waals surface area contributed by atoms with Crippen molar-refractivity contribution in [2.24, 2.45) is 0 Å². The Bertz CT molecular complexity index is 992. The third kappa shape index (κ3) is 3.57. The first-order valence-corrected chi connectivity index (χ1v) is 9.09. The lowest BCUT2D eigenvalue weighted by atomic mass is 10.1. The quantitative estimate of drug-likeness (QED) is 0.476. The summed E-state index contributed by atoms with van der Waals surface area (Å²) in [6.45, 7) is 3.75. The highest BCUT2D eigenvalue weighted by atomic mass is 32.1. The molecular weight excluding hydrogens is 372 g/mol. The molecular formula is C19H19F2N3O2S. The van der Waals surface area contributed by atoms with E-state index in [-0.39, 0.29) is 6.61 Å². The number of nitrogen functional groups attached to an aromatic ring is 1. The standard InChI is InChI=1S/C19H19F2N3O2S/c1-3-6-26-19(25)17-11(2)23-18(27-17)12-4-5-16-14(7-12)15(22)10-24(16)13(8-20)9-21/h3-5,7,10,13H,1,6,8-9,22H2,2H3. The maximum Gasteiger partial charge on any atom is 0.350 e. The van der Waals surface area contributed by atoms with Gasteiger partial charge in [-0.15, -0.1) is 11.3 Å². The second-order valence-corrected chi connectivity index (χ2v) is 7.01. The van der Waals surface area contributed by atoms with E-state index in [9.17, 15) is 13.6 Å². The number of hydrogen-bond donors (Lipinski definition) is 1. The SMILES string of the molecule is C=CCOC(=O)c1sc(-c2ccc3c(c2)c(N)cn3C(CF)CF)nc1C. The van der Waals surface area contributed by atoms with Crippen LogP contribution in [0, 0.1) is 6.92 Å². The molecule has 2 heterocycles. The lowest BCUT2D eigenvalue weighted by Crippen LogP contribution is -2.11. The number of carbonyl (C=O) groups is 1. The Hall–Kier alpha value is -2.74. The molecule has 5 nitrogen and oxygen atoms in total. The van der Waals surface area contributed by atoms with Gasteiger partial charge >= 0.3 is 5.97 Å². The van der Waals surface area contributed by atoms with Crippen molar-refractivity contribution in [1.82, 2.24) is 9.55 Å². The number of benzene rings is 1. The number of aryl methyl sites for hydroxylation is 1. The van der Waals surface area contributed by atoms with Crippen LogP contribution in [0.2, 0.25) is 0 Å². The predicted octanol–water partition coefficient (Wildman–Crippen LogP) is 4.48. The van der Waals surface area contributed by atoms with Gasteiger partial charge in [-0.3, -0.25) is 0 Å². The molecule has 0 unspecified atom stereocenters. The molecule has 0 bridgehead atoms. The molecule has 0 amide bonds. The van der Waals surface area contributed by atoms with Gasteiger partial charge in [0.25, 0.3) is 0 Å². The monoisotopic (exact) mass is 391 g/mol. The number of anilines is 1. The number of ether oxygens (including phenoxy) is 1. The molecule has 0 aliphatic rings. The number of nitrogens with zero attached hydrogens (tertiary/aromatic N) is 2. The molecule has 142 valence electrons. The average Bonchev–Trinajstić information content (AvgIpc) is 3.21. The number of rotatable bonds is 7. The number of thiazole rings is 1. The number of carbonyl (C=O) groups excluding carboxylic acids is 1. The molecule has 0 radical (unpaired) electrons. The van der Waals surface area contributed by atoms with Crippen molar-refractivity contribution < 1.29 is 18.3 Å². The van der Waals surface area contributed by atoms with Crippen LogP contribution in [0.1, 0.15) is 21.4 Å². The van der Waals surface area contributed by atoms with E-state index in [0.717, 1.165) is 5.56 Å². The molecule has 27 heavy (non-hydrogen) atoms. The van der Waals surface area contributed by atoms with Crippen LogP contribution < -0.4 is 5.73 Å². The van der Waals surface area contributed by atoms with E-state index >= 15 is 0 Å². The van der Waals surface area contributed by atoms with Crippen molar-refractivity contribution in [3.8, 4) is 10.6 Å². The lowest BCUT2D eigenvalue weighted by Gasteiger charge is -2.12. The zero-order chi connectivity index (χ0) is 19.6. The Morgan fingerprint density at radius 1 is 1.44 bits per heavy atom. The molecule has 0 spiro atoms. The molecule has 0 saturated carbocycles. The van der Waals surface area contributed by atoms with E-state index in [2.05, 4.69) is 11.6 Å². The maximum atomic E-state index is 13.1. The van der Waals surface area contributed by atoms with Gasteiger partial charge in [0.1, 0.15) is 29.8 Å². The van der Waals surface area contributed by atoms with Gasteiger partial charge in [0.15, 0.2) is 0 Å². The number of halogens is 2. The third-order valence-electron chi connectivity index (χ3n) is 4.17. The molecule has 2 aromatic heterocycles. The fourth-order valence-electron chi connectivity index (χ4n) is 2.82. The molecule has 2 N–H and O–H groups in total. The molecule has 0 aliphatic carbocycles. The van der Waals surface area contributed by atoms with E-state index in [1.807, 2.05) is 6.07 Å². The molecule has 8 heteroatoms. The van der Waals surface area contributed by atoms with E-state index < -0.39 is 25.4 Å². The van der Waals surface area contributed by atoms with Crippen LogP contribution in [0.15, 0.2) is 37.1 Å². The number of aromatic nitrogens is 2. The van der Waals surface area contributed by atoms with Gasteiger partial charge in [0.2, 0.25) is 0 Å². The Kier molecular flexibility index (Phi) is 5.55. The zero-order valence-electron chi connectivity index (χ0n) is 14.7. The van der Waals surface area contributed by atoms with Gasteiger partial charge in [-0.05, 0) is 25.1 Å². The molecule has 0 atom stereocenters. The fraction of sp³-hybridized carbons (Fsp3) is 0.263. The summed E-state index contributed by atoms with van der Waals surface area (Å²) in [5, 5.41) is 1.32. The minimum Gasteiger partial charge on any atom is -0.457 e. The largest absolute Gasteiger partial charge is 0.457 e. The van der Waals surface area contributed by atoms with E-state index in [1.54, 1.807) is 25.3 Å². The Balaban J connectivity index is 2.00. The smallest absolute Gasteiger partial charge is 0.350 e. The number of hydrogen-bond acceptors (Lipinski definition) is 5. The highest BCUT2D eigenvalue weighted by Crippen LogP contribution is 2.34. The molecule has 0 fully saturated rings. The molecule has 3 rings (SSSR count). The first-order chi connectivity index (χ1) is 13.0. The van der Waals surface area contributed by atoms with Gasteiger partial charge in [-0.1, -0.05) is 12.7 Å². The first kappa shape index (κ1) is 19.0. The average molecular weight is 391 g/mol.